The maximum atomic E-state index is 12.3. The van der Waals surface area contributed by atoms with Crippen LogP contribution in [0.1, 0.15) is 29.8 Å². The Hall–Kier alpha value is -0.483. The Labute approximate surface area is 129 Å². The summed E-state index contributed by atoms with van der Waals surface area (Å²) in [6.45, 7) is 6.18. The molecular weight excluding hydrogens is 254 g/mol. The van der Waals surface area contributed by atoms with Gasteiger partial charge in [-0.2, -0.15) is 0 Å². The average molecular weight is 276 g/mol. The molecule has 0 aromatic heterocycles. The molecule has 1 atom stereocenters. The van der Waals surface area contributed by atoms with Gasteiger partial charge in [0.15, 0.2) is 5.52 Å². The van der Waals surface area contributed by atoms with Crippen LogP contribution in [0.4, 0.5) is 0 Å². The van der Waals surface area contributed by atoms with Gasteiger partial charge in [-0.25, -0.2) is 0 Å². The minimum absolute atomic E-state index is 0. The Morgan fingerprint density at radius 2 is 1.68 bits per heavy atom. The van der Waals surface area contributed by atoms with E-state index in [9.17, 15) is 4.79 Å². The third kappa shape index (κ3) is 5.19. The van der Waals surface area contributed by atoms with Crippen molar-refractivity contribution >= 4 is 33.0 Å². The van der Waals surface area contributed by atoms with E-state index in [-0.39, 0.29) is 33.0 Å². The Morgan fingerprint density at radius 3 is 2.05 bits per heavy atom. The van der Waals surface area contributed by atoms with Crippen LogP contribution in [0.25, 0.3) is 0 Å². The van der Waals surface area contributed by atoms with Crippen LogP contribution in [0.3, 0.4) is 0 Å². The normalized spacial score (nSPS) is 10.6. The molecule has 3 nitrogen and oxygen atoms in total. The zero-order valence-electron chi connectivity index (χ0n) is 11.7. The molecule has 0 spiro atoms. The molecule has 0 heterocycles. The second-order valence-electron chi connectivity index (χ2n) is 4.65. The fourth-order valence-electron chi connectivity index (χ4n) is 1.65. The molecule has 102 valence electrons. The molecule has 0 aliphatic carbocycles. The third-order valence-corrected chi connectivity index (χ3v) is 4.14. The van der Waals surface area contributed by atoms with Gasteiger partial charge in [-0.3, -0.25) is 4.79 Å². The molecule has 0 aliphatic heterocycles. The summed E-state index contributed by atoms with van der Waals surface area (Å²) in [7, 11) is 3.42. The Kier molecular flexibility index (Phi) is 8.42. The van der Waals surface area contributed by atoms with Gasteiger partial charge in [-0.15, -0.1) is 0 Å². The zero-order chi connectivity index (χ0) is 13.7. The Balaban J connectivity index is 0.00000324. The number of methoxy groups -OCH3 is 2. The van der Waals surface area contributed by atoms with Crippen molar-refractivity contribution in [2.45, 2.75) is 20.8 Å². The van der Waals surface area contributed by atoms with Crippen LogP contribution >= 0.6 is 8.58 Å². The summed E-state index contributed by atoms with van der Waals surface area (Å²) in [4.78, 5) is 12.3. The predicted octanol–water partition coefficient (Wildman–Crippen LogP) is 2.84. The average Bonchev–Trinajstić information content (AvgIpc) is 2.34. The first-order valence-electron chi connectivity index (χ1n) is 6.00. The van der Waals surface area contributed by atoms with E-state index in [1.165, 1.54) is 0 Å². The van der Waals surface area contributed by atoms with Gasteiger partial charge in [0.05, 0.1) is 14.2 Å². The SMILES string of the molecule is COc1cc(C)cc(OC)c1C(=O)PCC(C)C.[LiH]. The number of rotatable bonds is 6. The van der Waals surface area contributed by atoms with Crippen LogP contribution in [0.5, 0.6) is 11.5 Å². The third-order valence-electron chi connectivity index (χ3n) is 2.55. The summed E-state index contributed by atoms with van der Waals surface area (Å²) in [5.74, 6) is 1.73. The van der Waals surface area contributed by atoms with Gasteiger partial charge in [0, 0.05) is 0 Å². The van der Waals surface area contributed by atoms with E-state index in [4.69, 9.17) is 9.47 Å². The van der Waals surface area contributed by atoms with Gasteiger partial charge in [0.1, 0.15) is 17.1 Å². The molecule has 0 amide bonds. The maximum absolute atomic E-state index is 12.3. The molecule has 5 heteroatoms. The van der Waals surface area contributed by atoms with E-state index in [0.717, 1.165) is 11.7 Å². The molecule has 19 heavy (non-hydrogen) atoms. The quantitative estimate of drug-likeness (QED) is 0.592. The van der Waals surface area contributed by atoms with Crippen LogP contribution in [0.15, 0.2) is 12.1 Å². The van der Waals surface area contributed by atoms with Gasteiger partial charge >= 0.3 is 18.9 Å². The summed E-state index contributed by atoms with van der Waals surface area (Å²) in [5.41, 5.74) is 1.70. The van der Waals surface area contributed by atoms with E-state index < -0.39 is 0 Å². The van der Waals surface area contributed by atoms with Crippen LogP contribution in [0.2, 0.25) is 0 Å². The number of hydrogen-bond donors (Lipinski definition) is 0. The summed E-state index contributed by atoms with van der Waals surface area (Å²) in [6, 6.07) is 3.74. The fourth-order valence-corrected chi connectivity index (χ4v) is 2.67. The molecule has 0 fully saturated rings. The van der Waals surface area contributed by atoms with Crippen molar-refractivity contribution in [3.05, 3.63) is 23.3 Å². The van der Waals surface area contributed by atoms with Crippen molar-refractivity contribution in [2.75, 3.05) is 20.4 Å². The first kappa shape index (κ1) is 18.5. The van der Waals surface area contributed by atoms with E-state index in [1.807, 2.05) is 19.1 Å². The van der Waals surface area contributed by atoms with Crippen molar-refractivity contribution < 1.29 is 14.3 Å². The summed E-state index contributed by atoms with van der Waals surface area (Å²) in [6.07, 6.45) is 0.902. The monoisotopic (exact) mass is 276 g/mol. The van der Waals surface area contributed by atoms with Crippen molar-refractivity contribution in [1.82, 2.24) is 0 Å². The van der Waals surface area contributed by atoms with Crippen LogP contribution in [0, 0.1) is 12.8 Å². The molecule has 0 aliphatic rings. The Bertz CT molecular complexity index is 408. The second kappa shape index (κ2) is 8.64. The molecule has 1 unspecified atom stereocenters. The topological polar surface area (TPSA) is 35.5 Å². The summed E-state index contributed by atoms with van der Waals surface area (Å²) < 4.78 is 10.6. The number of aryl methyl sites for hydroxylation is 1. The zero-order valence-corrected chi connectivity index (χ0v) is 12.7. The van der Waals surface area contributed by atoms with Gasteiger partial charge < -0.3 is 9.47 Å². The Morgan fingerprint density at radius 1 is 1.21 bits per heavy atom. The van der Waals surface area contributed by atoms with E-state index in [0.29, 0.717) is 23.0 Å². The minimum atomic E-state index is 0. The number of benzene rings is 1. The number of hydrogen-bond acceptors (Lipinski definition) is 3. The van der Waals surface area contributed by atoms with E-state index in [1.54, 1.807) is 14.2 Å². The number of carbonyl (C=O) groups is 1. The van der Waals surface area contributed by atoms with Gasteiger partial charge in [-0.05, 0) is 45.3 Å². The standard InChI is InChI=1S/C14H21O3P.Li.H/c1-9(2)8-18-14(15)13-11(16-4)6-10(3)7-12(13)17-5;;/h6-7,9,18H,8H2,1-5H3;;. The van der Waals surface area contributed by atoms with Crippen molar-refractivity contribution in [2.24, 2.45) is 5.92 Å². The van der Waals surface area contributed by atoms with Gasteiger partial charge in [0.25, 0.3) is 0 Å². The van der Waals surface area contributed by atoms with Crippen LogP contribution in [-0.2, 0) is 0 Å². The second-order valence-corrected chi connectivity index (χ2v) is 5.86. The molecule has 0 bridgehead atoms. The van der Waals surface area contributed by atoms with Crippen molar-refractivity contribution in [1.29, 1.82) is 0 Å². The first-order chi connectivity index (χ1) is 8.49. The fraction of sp³-hybridized carbons (Fsp3) is 0.500. The molecule has 0 saturated heterocycles. The first-order valence-corrected chi connectivity index (χ1v) is 7.21. The molecule has 0 saturated carbocycles. The van der Waals surface area contributed by atoms with Crippen molar-refractivity contribution in [3.63, 3.8) is 0 Å². The predicted molar refractivity (Wildman–Crippen MR) is 83.8 cm³/mol. The van der Waals surface area contributed by atoms with Gasteiger partial charge in [-0.1, -0.05) is 13.8 Å². The molecule has 1 aromatic carbocycles. The summed E-state index contributed by atoms with van der Waals surface area (Å²) >= 11 is 0. The molecule has 1 rings (SSSR count). The number of ether oxygens (including phenoxy) is 2. The summed E-state index contributed by atoms with van der Waals surface area (Å²) in [5, 5.41) is 0. The van der Waals surface area contributed by atoms with E-state index in [2.05, 4.69) is 13.8 Å². The van der Waals surface area contributed by atoms with Gasteiger partial charge in [0.2, 0.25) is 0 Å². The number of carbonyl (C=O) groups excluding carboxylic acids is 1. The van der Waals surface area contributed by atoms with Crippen molar-refractivity contribution in [3.8, 4) is 11.5 Å². The molecular formula is C14H22LiO3P. The van der Waals surface area contributed by atoms with Crippen LogP contribution < -0.4 is 9.47 Å². The molecule has 0 N–H and O–H groups in total. The van der Waals surface area contributed by atoms with Crippen LogP contribution in [-0.4, -0.2) is 44.8 Å². The molecule has 0 radical (unpaired) electrons. The van der Waals surface area contributed by atoms with E-state index >= 15 is 0 Å². The molecule has 1 aromatic rings.